The van der Waals surface area contributed by atoms with E-state index in [1.165, 1.54) is 24.3 Å². The van der Waals surface area contributed by atoms with Crippen LogP contribution in [-0.4, -0.2) is 0 Å². The molecule has 0 saturated carbocycles. The molecule has 0 amide bonds. The maximum absolute atomic E-state index is 13.9. The highest BCUT2D eigenvalue weighted by molar-refractivity contribution is 9.10. The van der Waals surface area contributed by atoms with Gasteiger partial charge in [0.2, 0.25) is 0 Å². The first-order valence-electron chi connectivity index (χ1n) is 5.44. The van der Waals surface area contributed by atoms with Crippen LogP contribution in [-0.2, 0) is 0 Å². The highest BCUT2D eigenvalue weighted by atomic mass is 79.9. The maximum Gasteiger partial charge on any atom is 0.129 e. The smallest absolute Gasteiger partial charge is 0.129 e. The Bertz CT molecular complexity index is 629. The van der Waals surface area contributed by atoms with Gasteiger partial charge in [-0.15, -0.1) is 11.6 Å². The molecule has 1 atom stereocenters. The second-order valence-corrected chi connectivity index (χ2v) is 5.85. The van der Waals surface area contributed by atoms with Crippen LogP contribution in [0.5, 0.6) is 0 Å². The fourth-order valence-electron chi connectivity index (χ4n) is 1.82. The second kappa shape index (κ2) is 5.78. The molecule has 5 heteroatoms. The largest absolute Gasteiger partial charge is 0.207 e. The molecule has 0 fully saturated rings. The predicted molar refractivity (Wildman–Crippen MR) is 77.9 cm³/mol. The van der Waals surface area contributed by atoms with E-state index in [0.29, 0.717) is 20.6 Å². The van der Waals surface area contributed by atoms with Crippen LogP contribution in [0.2, 0.25) is 5.02 Å². The zero-order chi connectivity index (χ0) is 14.2. The Morgan fingerprint density at radius 3 is 2.42 bits per heavy atom. The van der Waals surface area contributed by atoms with Crippen molar-refractivity contribution in [1.29, 1.82) is 0 Å². The lowest BCUT2D eigenvalue weighted by Crippen LogP contribution is -2.00. The molecule has 0 aliphatic heterocycles. The van der Waals surface area contributed by atoms with E-state index in [0.717, 1.165) is 0 Å². The van der Waals surface area contributed by atoms with E-state index in [2.05, 4.69) is 15.9 Å². The third-order valence-electron chi connectivity index (χ3n) is 2.82. The van der Waals surface area contributed by atoms with Crippen LogP contribution >= 0.6 is 39.1 Å². The third kappa shape index (κ3) is 3.10. The van der Waals surface area contributed by atoms with Gasteiger partial charge in [-0.05, 0) is 58.2 Å². The first kappa shape index (κ1) is 14.8. The van der Waals surface area contributed by atoms with Gasteiger partial charge in [0.1, 0.15) is 11.6 Å². The molecule has 0 radical (unpaired) electrons. The number of alkyl halides is 1. The van der Waals surface area contributed by atoms with Crippen LogP contribution in [0.25, 0.3) is 0 Å². The molecule has 0 saturated heterocycles. The van der Waals surface area contributed by atoms with Gasteiger partial charge < -0.3 is 0 Å². The Hall–Kier alpha value is -0.640. The summed E-state index contributed by atoms with van der Waals surface area (Å²) in [6.45, 7) is 1.73. The molecule has 2 rings (SSSR count). The van der Waals surface area contributed by atoms with Crippen LogP contribution in [0, 0.1) is 18.6 Å². The lowest BCUT2D eigenvalue weighted by Gasteiger charge is -2.15. The van der Waals surface area contributed by atoms with Crippen LogP contribution in [0.1, 0.15) is 22.1 Å². The fourth-order valence-corrected chi connectivity index (χ4v) is 2.72. The van der Waals surface area contributed by atoms with Crippen molar-refractivity contribution < 1.29 is 8.78 Å². The average Bonchev–Trinajstić information content (AvgIpc) is 2.33. The van der Waals surface area contributed by atoms with Crippen LogP contribution in [0.15, 0.2) is 34.8 Å². The van der Waals surface area contributed by atoms with Crippen molar-refractivity contribution in [2.24, 2.45) is 0 Å². The minimum absolute atomic E-state index is 0.268. The summed E-state index contributed by atoms with van der Waals surface area (Å²) in [5, 5.41) is -0.340. The Labute approximate surface area is 128 Å². The SMILES string of the molecule is Cc1cc(F)ccc1C(Cl)c1cc(Cl)c(Br)cc1F. The highest BCUT2D eigenvalue weighted by Crippen LogP contribution is 2.36. The molecule has 0 nitrogen and oxygen atoms in total. The number of aryl methyl sites for hydroxylation is 1. The average molecular weight is 366 g/mol. The molecule has 0 bridgehead atoms. The second-order valence-electron chi connectivity index (χ2n) is 4.15. The molecule has 19 heavy (non-hydrogen) atoms. The number of benzene rings is 2. The van der Waals surface area contributed by atoms with E-state index in [9.17, 15) is 8.78 Å². The van der Waals surface area contributed by atoms with Crippen molar-refractivity contribution in [3.05, 3.63) is 68.2 Å². The predicted octanol–water partition coefficient (Wildman–Crippen LogP) is 6.02. The lowest BCUT2D eigenvalue weighted by molar-refractivity contribution is 0.610. The Morgan fingerprint density at radius 2 is 1.79 bits per heavy atom. The van der Waals surface area contributed by atoms with Gasteiger partial charge in [0.15, 0.2) is 0 Å². The molecule has 2 aromatic rings. The van der Waals surface area contributed by atoms with Gasteiger partial charge in [-0.3, -0.25) is 0 Å². The van der Waals surface area contributed by atoms with Gasteiger partial charge in [-0.2, -0.15) is 0 Å². The molecule has 0 aliphatic carbocycles. The zero-order valence-electron chi connectivity index (χ0n) is 9.85. The number of hydrogen-bond acceptors (Lipinski definition) is 0. The molecule has 100 valence electrons. The standard InChI is InChI=1S/C14H9BrCl2F2/c1-7-4-8(18)2-3-9(7)14(17)10-5-12(16)11(15)6-13(10)19/h2-6,14H,1H3. The number of halogens is 5. The fraction of sp³-hybridized carbons (Fsp3) is 0.143. The molecular formula is C14H9BrCl2F2. The summed E-state index contributed by atoms with van der Waals surface area (Å²) in [5.41, 5.74) is 1.59. The van der Waals surface area contributed by atoms with Crippen LogP contribution in [0.3, 0.4) is 0 Å². The van der Waals surface area contributed by atoms with Crippen molar-refractivity contribution in [3.63, 3.8) is 0 Å². The van der Waals surface area contributed by atoms with Gasteiger partial charge in [0.05, 0.1) is 10.4 Å². The van der Waals surface area contributed by atoms with E-state index in [-0.39, 0.29) is 11.4 Å². The molecule has 0 heterocycles. The van der Waals surface area contributed by atoms with E-state index in [4.69, 9.17) is 23.2 Å². The van der Waals surface area contributed by atoms with Gasteiger partial charge in [-0.25, -0.2) is 8.78 Å². The van der Waals surface area contributed by atoms with Crippen molar-refractivity contribution in [1.82, 2.24) is 0 Å². The summed E-state index contributed by atoms with van der Waals surface area (Å²) < 4.78 is 27.5. The summed E-state index contributed by atoms with van der Waals surface area (Å²) in [6, 6.07) is 6.96. The summed E-state index contributed by atoms with van der Waals surface area (Å²) in [5.74, 6) is -0.806. The van der Waals surface area contributed by atoms with E-state index < -0.39 is 11.2 Å². The maximum atomic E-state index is 13.9. The van der Waals surface area contributed by atoms with E-state index in [1.54, 1.807) is 13.0 Å². The molecule has 0 aliphatic rings. The van der Waals surface area contributed by atoms with E-state index in [1.807, 2.05) is 0 Å². The van der Waals surface area contributed by atoms with Gasteiger partial charge in [0, 0.05) is 10.0 Å². The summed E-state index contributed by atoms with van der Waals surface area (Å²) in [4.78, 5) is 0. The molecule has 2 aromatic carbocycles. The number of rotatable bonds is 2. The number of hydrogen-bond donors (Lipinski definition) is 0. The molecule has 0 N–H and O–H groups in total. The van der Waals surface area contributed by atoms with Crippen molar-refractivity contribution >= 4 is 39.1 Å². The first-order valence-corrected chi connectivity index (χ1v) is 7.05. The first-order chi connectivity index (χ1) is 8.90. The minimum atomic E-state index is -0.716. The van der Waals surface area contributed by atoms with Crippen LogP contribution < -0.4 is 0 Å². The third-order valence-corrected chi connectivity index (χ3v) is 4.48. The minimum Gasteiger partial charge on any atom is -0.207 e. The quantitative estimate of drug-likeness (QED) is 0.451. The molecular weight excluding hydrogens is 357 g/mol. The molecule has 1 unspecified atom stereocenters. The lowest BCUT2D eigenvalue weighted by atomic mass is 9.99. The Morgan fingerprint density at radius 1 is 1.11 bits per heavy atom. The van der Waals surface area contributed by atoms with Crippen molar-refractivity contribution in [3.8, 4) is 0 Å². The summed E-state index contributed by atoms with van der Waals surface area (Å²) in [7, 11) is 0. The van der Waals surface area contributed by atoms with Gasteiger partial charge in [0.25, 0.3) is 0 Å². The Kier molecular flexibility index (Phi) is 4.49. The summed E-state index contributed by atoms with van der Waals surface area (Å²) in [6.07, 6.45) is 0. The van der Waals surface area contributed by atoms with Gasteiger partial charge in [-0.1, -0.05) is 17.7 Å². The topological polar surface area (TPSA) is 0 Å². The molecule has 0 aromatic heterocycles. The van der Waals surface area contributed by atoms with Gasteiger partial charge >= 0.3 is 0 Å². The normalized spacial score (nSPS) is 12.5. The van der Waals surface area contributed by atoms with Crippen LogP contribution in [0.4, 0.5) is 8.78 Å². The zero-order valence-corrected chi connectivity index (χ0v) is 13.0. The molecule has 0 spiro atoms. The van der Waals surface area contributed by atoms with Crippen molar-refractivity contribution in [2.75, 3.05) is 0 Å². The van der Waals surface area contributed by atoms with E-state index >= 15 is 0 Å². The van der Waals surface area contributed by atoms with Crippen molar-refractivity contribution in [2.45, 2.75) is 12.3 Å². The highest BCUT2D eigenvalue weighted by Gasteiger charge is 2.19. The monoisotopic (exact) mass is 364 g/mol. The Balaban J connectivity index is 2.49. The summed E-state index contributed by atoms with van der Waals surface area (Å²) >= 11 is 15.4.